The van der Waals surface area contributed by atoms with Crippen molar-refractivity contribution >= 4 is 0 Å². The molecule has 0 aliphatic carbocycles. The monoisotopic (exact) mass is 227 g/mol. The van der Waals surface area contributed by atoms with Crippen molar-refractivity contribution < 1.29 is 0 Å². The Morgan fingerprint density at radius 1 is 0.688 bits per heavy atom. The molecule has 98 valence electrons. The summed E-state index contributed by atoms with van der Waals surface area (Å²) in [6.07, 6.45) is 8.20. The minimum Gasteiger partial charge on any atom is -0.314 e. The third-order valence-corrected chi connectivity index (χ3v) is 3.13. The van der Waals surface area contributed by atoms with Crippen LogP contribution in [0.15, 0.2) is 0 Å². The van der Waals surface area contributed by atoms with Crippen molar-refractivity contribution in [3.05, 3.63) is 0 Å². The third kappa shape index (κ3) is 12.0. The van der Waals surface area contributed by atoms with Gasteiger partial charge in [0, 0.05) is 6.04 Å². The third-order valence-electron chi connectivity index (χ3n) is 3.13. The first-order chi connectivity index (χ1) is 7.52. The van der Waals surface area contributed by atoms with Gasteiger partial charge in [0.1, 0.15) is 0 Å². The first-order valence-electron chi connectivity index (χ1n) is 7.25. The fourth-order valence-corrected chi connectivity index (χ4v) is 1.89. The summed E-state index contributed by atoms with van der Waals surface area (Å²) in [6, 6.07) is 0.701. The van der Waals surface area contributed by atoms with E-state index in [2.05, 4.69) is 39.9 Å². The van der Waals surface area contributed by atoms with Crippen molar-refractivity contribution in [1.82, 2.24) is 5.32 Å². The summed E-state index contributed by atoms with van der Waals surface area (Å²) in [7, 11) is 0. The normalized spacial score (nSPS) is 13.7. The van der Waals surface area contributed by atoms with Crippen molar-refractivity contribution in [3.8, 4) is 0 Å². The van der Waals surface area contributed by atoms with Gasteiger partial charge in [-0.25, -0.2) is 0 Å². The number of unbranched alkanes of at least 4 members (excludes halogenated alkanes) is 2. The van der Waals surface area contributed by atoms with Gasteiger partial charge in [-0.1, -0.05) is 47.0 Å². The lowest BCUT2D eigenvalue weighted by Crippen LogP contribution is -2.27. The summed E-state index contributed by atoms with van der Waals surface area (Å²) in [5.41, 5.74) is 0. The van der Waals surface area contributed by atoms with Crippen LogP contribution >= 0.6 is 0 Å². The van der Waals surface area contributed by atoms with E-state index in [0.29, 0.717) is 6.04 Å². The van der Waals surface area contributed by atoms with Gasteiger partial charge >= 0.3 is 0 Å². The van der Waals surface area contributed by atoms with Gasteiger partial charge in [-0.05, 0) is 44.6 Å². The van der Waals surface area contributed by atoms with Gasteiger partial charge in [0.15, 0.2) is 0 Å². The van der Waals surface area contributed by atoms with Gasteiger partial charge < -0.3 is 5.32 Å². The second-order valence-electron chi connectivity index (χ2n) is 6.07. The highest BCUT2D eigenvalue weighted by Gasteiger charge is 2.02. The maximum Gasteiger partial charge on any atom is 0.00388 e. The van der Waals surface area contributed by atoms with Crippen LogP contribution in [0.25, 0.3) is 0 Å². The molecule has 0 aromatic rings. The molecule has 1 nitrogen and oxygen atoms in total. The van der Waals surface area contributed by atoms with Crippen LogP contribution < -0.4 is 5.32 Å². The molecule has 1 unspecified atom stereocenters. The molecule has 1 atom stereocenters. The van der Waals surface area contributed by atoms with Crippen LogP contribution in [0.1, 0.15) is 73.1 Å². The van der Waals surface area contributed by atoms with E-state index < -0.39 is 0 Å². The molecule has 0 aliphatic rings. The minimum atomic E-state index is 0.701. The molecule has 0 fully saturated rings. The molecule has 0 aliphatic heterocycles. The average molecular weight is 227 g/mol. The Kier molecular flexibility index (Phi) is 10.1. The Labute approximate surface area is 103 Å². The zero-order chi connectivity index (χ0) is 12.4. The zero-order valence-electron chi connectivity index (χ0n) is 12.2. The van der Waals surface area contributed by atoms with Crippen LogP contribution in [0, 0.1) is 11.8 Å². The van der Waals surface area contributed by atoms with E-state index >= 15 is 0 Å². The lowest BCUT2D eigenvalue weighted by Gasteiger charge is -2.15. The Bertz CT molecular complexity index is 140. The quantitative estimate of drug-likeness (QED) is 0.537. The minimum absolute atomic E-state index is 0.701. The van der Waals surface area contributed by atoms with E-state index in [0.717, 1.165) is 11.8 Å². The van der Waals surface area contributed by atoms with Gasteiger partial charge in [0.2, 0.25) is 0 Å². The maximum atomic E-state index is 3.63. The van der Waals surface area contributed by atoms with E-state index in [4.69, 9.17) is 0 Å². The standard InChI is InChI=1S/C15H33N/c1-13(2)9-7-6-8-12-16-15(5)11-10-14(3)4/h13-16H,6-12H2,1-5H3. The Morgan fingerprint density at radius 3 is 1.88 bits per heavy atom. The second-order valence-corrected chi connectivity index (χ2v) is 6.07. The van der Waals surface area contributed by atoms with E-state index in [1.165, 1.54) is 45.1 Å². The predicted molar refractivity (Wildman–Crippen MR) is 74.8 cm³/mol. The van der Waals surface area contributed by atoms with Gasteiger partial charge in [-0.15, -0.1) is 0 Å². The van der Waals surface area contributed by atoms with Crippen LogP contribution in [0.4, 0.5) is 0 Å². The highest BCUT2D eigenvalue weighted by molar-refractivity contribution is 4.62. The molecule has 0 rings (SSSR count). The summed E-state index contributed by atoms with van der Waals surface area (Å²) in [5.74, 6) is 1.72. The van der Waals surface area contributed by atoms with Crippen molar-refractivity contribution in [3.63, 3.8) is 0 Å². The van der Waals surface area contributed by atoms with Gasteiger partial charge in [0.25, 0.3) is 0 Å². The van der Waals surface area contributed by atoms with Crippen LogP contribution in [0.3, 0.4) is 0 Å². The Balaban J connectivity index is 3.18. The van der Waals surface area contributed by atoms with Gasteiger partial charge in [-0.3, -0.25) is 0 Å². The van der Waals surface area contributed by atoms with Crippen molar-refractivity contribution in [2.45, 2.75) is 79.2 Å². The summed E-state index contributed by atoms with van der Waals surface area (Å²) in [4.78, 5) is 0. The van der Waals surface area contributed by atoms with Crippen LogP contribution in [-0.2, 0) is 0 Å². The van der Waals surface area contributed by atoms with Crippen LogP contribution in [0.2, 0.25) is 0 Å². The molecule has 0 heterocycles. The highest BCUT2D eigenvalue weighted by Crippen LogP contribution is 2.08. The molecular weight excluding hydrogens is 194 g/mol. The smallest absolute Gasteiger partial charge is 0.00388 e. The molecule has 0 spiro atoms. The number of hydrogen-bond donors (Lipinski definition) is 1. The molecule has 0 aromatic heterocycles. The molecule has 0 saturated heterocycles. The fraction of sp³-hybridized carbons (Fsp3) is 1.00. The molecule has 0 amide bonds. The van der Waals surface area contributed by atoms with Crippen molar-refractivity contribution in [2.75, 3.05) is 6.54 Å². The SMILES string of the molecule is CC(C)CCCCCNC(C)CCC(C)C. The zero-order valence-corrected chi connectivity index (χ0v) is 12.2. The van der Waals surface area contributed by atoms with Crippen LogP contribution in [0.5, 0.6) is 0 Å². The van der Waals surface area contributed by atoms with Crippen molar-refractivity contribution in [1.29, 1.82) is 0 Å². The topological polar surface area (TPSA) is 12.0 Å². The lowest BCUT2D eigenvalue weighted by molar-refractivity contribution is 0.439. The van der Waals surface area contributed by atoms with E-state index in [1.54, 1.807) is 0 Å². The largest absolute Gasteiger partial charge is 0.314 e. The Hall–Kier alpha value is -0.0400. The summed E-state index contributed by atoms with van der Waals surface area (Å²) < 4.78 is 0. The highest BCUT2D eigenvalue weighted by atomic mass is 14.9. The van der Waals surface area contributed by atoms with Crippen molar-refractivity contribution in [2.24, 2.45) is 11.8 Å². The summed E-state index contributed by atoms with van der Waals surface area (Å²) in [6.45, 7) is 12.8. The molecule has 0 saturated carbocycles. The first kappa shape index (κ1) is 16.0. The van der Waals surface area contributed by atoms with Gasteiger partial charge in [0.05, 0.1) is 0 Å². The van der Waals surface area contributed by atoms with Crippen LogP contribution in [-0.4, -0.2) is 12.6 Å². The molecule has 1 N–H and O–H groups in total. The summed E-state index contributed by atoms with van der Waals surface area (Å²) in [5, 5.41) is 3.63. The first-order valence-corrected chi connectivity index (χ1v) is 7.25. The lowest BCUT2D eigenvalue weighted by atomic mass is 10.0. The van der Waals surface area contributed by atoms with Gasteiger partial charge in [-0.2, -0.15) is 0 Å². The van der Waals surface area contributed by atoms with E-state index in [1.807, 2.05) is 0 Å². The number of hydrogen-bond acceptors (Lipinski definition) is 1. The Morgan fingerprint density at radius 2 is 1.31 bits per heavy atom. The second kappa shape index (κ2) is 10.1. The molecule has 1 heteroatoms. The number of nitrogens with one attached hydrogen (secondary N) is 1. The summed E-state index contributed by atoms with van der Waals surface area (Å²) >= 11 is 0. The molecule has 0 aromatic carbocycles. The number of rotatable bonds is 10. The molecule has 16 heavy (non-hydrogen) atoms. The van der Waals surface area contributed by atoms with E-state index in [9.17, 15) is 0 Å². The maximum absolute atomic E-state index is 3.63. The average Bonchev–Trinajstić information content (AvgIpc) is 2.19. The molecule has 0 bridgehead atoms. The molecule has 0 radical (unpaired) electrons. The predicted octanol–water partition coefficient (Wildman–Crippen LogP) is 4.62. The molecular formula is C15H33N. The van der Waals surface area contributed by atoms with E-state index in [-0.39, 0.29) is 0 Å². The fourth-order valence-electron chi connectivity index (χ4n) is 1.89.